The quantitative estimate of drug-likeness (QED) is 0.750. The number of aryl methyl sites for hydroxylation is 2. The van der Waals surface area contributed by atoms with Crippen LogP contribution in [-0.2, 0) is 6.54 Å². The molecule has 1 aromatic carbocycles. The van der Waals surface area contributed by atoms with Gasteiger partial charge in [0.1, 0.15) is 12.4 Å². The number of benzene rings is 1. The highest BCUT2D eigenvalue weighted by molar-refractivity contribution is 5.39. The first-order chi connectivity index (χ1) is 9.81. The van der Waals surface area contributed by atoms with Gasteiger partial charge in [-0.15, -0.1) is 0 Å². The Balaban J connectivity index is 1.80. The molecule has 0 atom stereocenters. The van der Waals surface area contributed by atoms with Crippen molar-refractivity contribution in [2.45, 2.75) is 19.9 Å². The maximum atomic E-state index is 8.79. The van der Waals surface area contributed by atoms with Gasteiger partial charge in [-0.25, -0.2) is 4.98 Å². The van der Waals surface area contributed by atoms with Crippen molar-refractivity contribution in [3.8, 4) is 11.5 Å². The number of rotatable bonds is 8. The molecule has 0 bridgehead atoms. The van der Waals surface area contributed by atoms with E-state index in [9.17, 15) is 0 Å². The van der Waals surface area contributed by atoms with Gasteiger partial charge in [-0.1, -0.05) is 12.1 Å². The smallest absolute Gasteiger partial charge is 0.161 e. The van der Waals surface area contributed by atoms with Crippen LogP contribution in [0.15, 0.2) is 36.7 Å². The fraction of sp³-hybridized carbons (Fsp3) is 0.400. The molecular formula is C15H20N2O3. The van der Waals surface area contributed by atoms with Gasteiger partial charge in [0.05, 0.1) is 13.2 Å². The Bertz CT molecular complexity index is 525. The molecule has 0 radical (unpaired) electrons. The number of ether oxygens (including phenoxy) is 2. The van der Waals surface area contributed by atoms with Gasteiger partial charge >= 0.3 is 0 Å². The summed E-state index contributed by atoms with van der Waals surface area (Å²) < 4.78 is 13.2. The van der Waals surface area contributed by atoms with Crippen LogP contribution in [0.25, 0.3) is 0 Å². The maximum Gasteiger partial charge on any atom is 0.161 e. The van der Waals surface area contributed by atoms with E-state index in [1.165, 1.54) is 0 Å². The Morgan fingerprint density at radius 2 is 1.85 bits per heavy atom. The molecule has 5 heteroatoms. The number of para-hydroxylation sites is 2. The minimum atomic E-state index is -0.00571. The van der Waals surface area contributed by atoms with E-state index in [0.717, 1.165) is 18.8 Å². The highest BCUT2D eigenvalue weighted by Crippen LogP contribution is 2.26. The predicted molar refractivity (Wildman–Crippen MR) is 76.1 cm³/mol. The zero-order valence-corrected chi connectivity index (χ0v) is 11.7. The van der Waals surface area contributed by atoms with Gasteiger partial charge < -0.3 is 19.1 Å². The van der Waals surface area contributed by atoms with Crippen LogP contribution in [0.5, 0.6) is 11.5 Å². The molecule has 108 valence electrons. The van der Waals surface area contributed by atoms with Crippen LogP contribution < -0.4 is 9.47 Å². The molecule has 0 spiro atoms. The summed E-state index contributed by atoms with van der Waals surface area (Å²) in [5.41, 5.74) is 0. The number of aliphatic hydroxyl groups is 1. The predicted octanol–water partition coefficient (Wildman–Crippen LogP) is 2.03. The minimum absolute atomic E-state index is 0.00571. The van der Waals surface area contributed by atoms with Gasteiger partial charge in [0.25, 0.3) is 0 Å². The summed E-state index contributed by atoms with van der Waals surface area (Å²) in [5, 5.41) is 8.79. The van der Waals surface area contributed by atoms with E-state index in [2.05, 4.69) is 9.55 Å². The van der Waals surface area contributed by atoms with E-state index in [-0.39, 0.29) is 13.2 Å². The Kier molecular flexibility index (Phi) is 5.43. The molecular weight excluding hydrogens is 256 g/mol. The summed E-state index contributed by atoms with van der Waals surface area (Å²) in [5.74, 6) is 2.39. The topological polar surface area (TPSA) is 56.5 Å². The van der Waals surface area contributed by atoms with Crippen LogP contribution in [0.1, 0.15) is 12.2 Å². The van der Waals surface area contributed by atoms with Crippen LogP contribution in [0.3, 0.4) is 0 Å². The molecule has 1 N–H and O–H groups in total. The number of nitrogens with zero attached hydrogens (tertiary/aromatic N) is 2. The van der Waals surface area contributed by atoms with Gasteiger partial charge in [0.15, 0.2) is 11.5 Å². The fourth-order valence-corrected chi connectivity index (χ4v) is 1.90. The molecule has 0 aliphatic carbocycles. The lowest BCUT2D eigenvalue weighted by atomic mass is 10.3. The molecule has 20 heavy (non-hydrogen) atoms. The summed E-state index contributed by atoms with van der Waals surface area (Å²) in [6.07, 6.45) is 4.66. The van der Waals surface area contributed by atoms with Crippen molar-refractivity contribution in [2.75, 3.05) is 19.8 Å². The third-order valence-electron chi connectivity index (χ3n) is 2.92. The zero-order chi connectivity index (χ0) is 14.2. The first kappa shape index (κ1) is 14.4. The molecule has 0 fully saturated rings. The molecule has 0 aliphatic rings. The van der Waals surface area contributed by atoms with Gasteiger partial charge in [0.2, 0.25) is 0 Å². The lowest BCUT2D eigenvalue weighted by molar-refractivity contribution is 0.192. The van der Waals surface area contributed by atoms with Crippen LogP contribution in [0.4, 0.5) is 0 Å². The molecule has 2 rings (SSSR count). The van der Waals surface area contributed by atoms with Crippen molar-refractivity contribution >= 4 is 0 Å². The fourth-order valence-electron chi connectivity index (χ4n) is 1.90. The lowest BCUT2D eigenvalue weighted by Crippen LogP contribution is -2.07. The van der Waals surface area contributed by atoms with Crippen LogP contribution >= 0.6 is 0 Å². The first-order valence-corrected chi connectivity index (χ1v) is 6.74. The lowest BCUT2D eigenvalue weighted by Gasteiger charge is -2.12. The minimum Gasteiger partial charge on any atom is -0.490 e. The first-order valence-electron chi connectivity index (χ1n) is 6.74. The number of hydrogen-bond donors (Lipinski definition) is 1. The molecule has 1 heterocycles. The highest BCUT2D eigenvalue weighted by atomic mass is 16.5. The molecule has 5 nitrogen and oxygen atoms in total. The largest absolute Gasteiger partial charge is 0.490 e. The number of aliphatic hydroxyl groups excluding tert-OH is 1. The van der Waals surface area contributed by atoms with Crippen molar-refractivity contribution in [1.82, 2.24) is 9.55 Å². The Hall–Kier alpha value is -2.01. The van der Waals surface area contributed by atoms with Gasteiger partial charge in [-0.2, -0.15) is 0 Å². The monoisotopic (exact) mass is 276 g/mol. The van der Waals surface area contributed by atoms with E-state index in [1.807, 2.05) is 37.4 Å². The third kappa shape index (κ3) is 3.99. The Labute approximate surface area is 118 Å². The number of imidazole rings is 1. The van der Waals surface area contributed by atoms with E-state index in [4.69, 9.17) is 14.6 Å². The molecule has 0 saturated heterocycles. The van der Waals surface area contributed by atoms with Crippen molar-refractivity contribution in [1.29, 1.82) is 0 Å². The maximum absolute atomic E-state index is 8.79. The summed E-state index contributed by atoms with van der Waals surface area (Å²) >= 11 is 0. The third-order valence-corrected chi connectivity index (χ3v) is 2.92. The van der Waals surface area contributed by atoms with E-state index in [0.29, 0.717) is 18.1 Å². The number of hydrogen-bond acceptors (Lipinski definition) is 4. The average molecular weight is 276 g/mol. The summed E-state index contributed by atoms with van der Waals surface area (Å²) in [6.45, 7) is 3.74. The molecule has 0 amide bonds. The summed E-state index contributed by atoms with van der Waals surface area (Å²) in [7, 11) is 0. The standard InChI is InChI=1S/C15H20N2O3/c1-13-16-7-9-17(13)8-4-11-19-14-5-2-3-6-15(14)20-12-10-18/h2-3,5-7,9,18H,4,8,10-12H2,1H3. The molecule has 0 saturated carbocycles. The summed E-state index contributed by atoms with van der Waals surface area (Å²) in [4.78, 5) is 4.18. The second-order valence-corrected chi connectivity index (χ2v) is 4.39. The van der Waals surface area contributed by atoms with Crippen molar-refractivity contribution in [2.24, 2.45) is 0 Å². The summed E-state index contributed by atoms with van der Waals surface area (Å²) in [6, 6.07) is 7.50. The van der Waals surface area contributed by atoms with Crippen molar-refractivity contribution in [3.63, 3.8) is 0 Å². The van der Waals surface area contributed by atoms with E-state index < -0.39 is 0 Å². The van der Waals surface area contributed by atoms with Gasteiger partial charge in [-0.3, -0.25) is 0 Å². The zero-order valence-electron chi connectivity index (χ0n) is 11.7. The number of aromatic nitrogens is 2. The molecule has 0 unspecified atom stereocenters. The van der Waals surface area contributed by atoms with Crippen molar-refractivity contribution < 1.29 is 14.6 Å². The average Bonchev–Trinajstić information content (AvgIpc) is 2.88. The highest BCUT2D eigenvalue weighted by Gasteiger charge is 2.04. The molecule has 2 aromatic rings. The Morgan fingerprint density at radius 1 is 1.15 bits per heavy atom. The molecule has 0 aliphatic heterocycles. The second-order valence-electron chi connectivity index (χ2n) is 4.39. The molecule has 1 aromatic heterocycles. The second kappa shape index (κ2) is 7.55. The SMILES string of the molecule is Cc1nccn1CCCOc1ccccc1OCCO. The van der Waals surface area contributed by atoms with Gasteiger partial charge in [0, 0.05) is 18.9 Å². The van der Waals surface area contributed by atoms with Crippen LogP contribution in [0, 0.1) is 6.92 Å². The normalized spacial score (nSPS) is 10.5. The van der Waals surface area contributed by atoms with Gasteiger partial charge in [-0.05, 0) is 25.5 Å². The van der Waals surface area contributed by atoms with Crippen LogP contribution in [-0.4, -0.2) is 34.5 Å². The van der Waals surface area contributed by atoms with E-state index in [1.54, 1.807) is 6.20 Å². The van der Waals surface area contributed by atoms with E-state index >= 15 is 0 Å². The van der Waals surface area contributed by atoms with Crippen LogP contribution in [0.2, 0.25) is 0 Å². The Morgan fingerprint density at radius 3 is 2.45 bits per heavy atom. The van der Waals surface area contributed by atoms with Crippen molar-refractivity contribution in [3.05, 3.63) is 42.5 Å².